The fourth-order valence-electron chi connectivity index (χ4n) is 1.13. The summed E-state index contributed by atoms with van der Waals surface area (Å²) in [4.78, 5) is 0. The van der Waals surface area contributed by atoms with E-state index in [4.69, 9.17) is 5.73 Å². The van der Waals surface area contributed by atoms with E-state index in [1.54, 1.807) is 0 Å². The Morgan fingerprint density at radius 2 is 1.79 bits per heavy atom. The molecule has 1 atom stereocenters. The molecule has 0 aliphatic carbocycles. The van der Waals surface area contributed by atoms with E-state index in [0.717, 1.165) is 6.07 Å². The van der Waals surface area contributed by atoms with Crippen molar-refractivity contribution in [1.82, 2.24) is 0 Å². The van der Waals surface area contributed by atoms with E-state index in [1.807, 2.05) is 13.8 Å². The molecule has 0 fully saturated rings. The summed E-state index contributed by atoms with van der Waals surface area (Å²) in [6, 6.07) is 3.11. The van der Waals surface area contributed by atoms with Crippen molar-refractivity contribution in [1.29, 1.82) is 0 Å². The van der Waals surface area contributed by atoms with E-state index in [2.05, 4.69) is 0 Å². The third-order valence-electron chi connectivity index (χ3n) is 2.04. The third kappa shape index (κ3) is 2.93. The van der Waals surface area contributed by atoms with Gasteiger partial charge in [-0.3, -0.25) is 0 Å². The number of halogens is 3. The number of rotatable bonds is 2. The molecule has 0 saturated heterocycles. The van der Waals surface area contributed by atoms with Crippen LogP contribution in [-0.4, -0.2) is 0 Å². The van der Waals surface area contributed by atoms with Crippen molar-refractivity contribution in [2.24, 2.45) is 11.7 Å². The molecular formula is C10H14ClF2N. The van der Waals surface area contributed by atoms with Crippen LogP contribution in [0.3, 0.4) is 0 Å². The molecule has 1 aromatic carbocycles. The van der Waals surface area contributed by atoms with E-state index in [-0.39, 0.29) is 24.4 Å². The van der Waals surface area contributed by atoms with Crippen molar-refractivity contribution < 1.29 is 8.78 Å². The lowest BCUT2D eigenvalue weighted by atomic mass is 9.97. The predicted octanol–water partition coefficient (Wildman–Crippen LogP) is 3.04. The van der Waals surface area contributed by atoms with Crippen LogP contribution in [0.4, 0.5) is 8.78 Å². The van der Waals surface area contributed by atoms with E-state index in [1.165, 1.54) is 12.1 Å². The van der Waals surface area contributed by atoms with Gasteiger partial charge in [0, 0.05) is 17.7 Å². The molecule has 14 heavy (non-hydrogen) atoms. The molecule has 1 aromatic rings. The number of hydrogen-bond acceptors (Lipinski definition) is 1. The van der Waals surface area contributed by atoms with Crippen LogP contribution >= 0.6 is 12.4 Å². The van der Waals surface area contributed by atoms with Crippen LogP contribution in [0.1, 0.15) is 25.5 Å². The highest BCUT2D eigenvalue weighted by Crippen LogP contribution is 2.21. The molecule has 0 radical (unpaired) electrons. The van der Waals surface area contributed by atoms with Crippen molar-refractivity contribution in [2.45, 2.75) is 19.9 Å². The van der Waals surface area contributed by atoms with E-state index in [0.29, 0.717) is 5.56 Å². The molecule has 80 valence electrons. The largest absolute Gasteiger partial charge is 0.324 e. The first-order valence-corrected chi connectivity index (χ1v) is 4.23. The molecule has 1 rings (SSSR count). The van der Waals surface area contributed by atoms with Crippen LogP contribution in [-0.2, 0) is 0 Å². The Balaban J connectivity index is 0.00000169. The van der Waals surface area contributed by atoms with Crippen LogP contribution in [0, 0.1) is 17.6 Å². The van der Waals surface area contributed by atoms with Crippen molar-refractivity contribution in [3.8, 4) is 0 Å². The highest BCUT2D eigenvalue weighted by atomic mass is 35.5. The predicted molar refractivity (Wildman–Crippen MR) is 55.4 cm³/mol. The SMILES string of the molecule is CC(C)[C@H](N)c1ccc(F)cc1F.Cl. The van der Waals surface area contributed by atoms with Crippen molar-refractivity contribution in [3.63, 3.8) is 0 Å². The highest BCUT2D eigenvalue weighted by molar-refractivity contribution is 5.85. The molecule has 0 amide bonds. The van der Waals surface area contributed by atoms with Gasteiger partial charge in [0.25, 0.3) is 0 Å². The topological polar surface area (TPSA) is 26.0 Å². The maximum Gasteiger partial charge on any atom is 0.130 e. The van der Waals surface area contributed by atoms with Gasteiger partial charge in [0.2, 0.25) is 0 Å². The number of benzene rings is 1. The van der Waals surface area contributed by atoms with Gasteiger partial charge < -0.3 is 5.73 Å². The van der Waals surface area contributed by atoms with Gasteiger partial charge in [0.15, 0.2) is 0 Å². The quantitative estimate of drug-likeness (QED) is 0.816. The van der Waals surface area contributed by atoms with E-state index in [9.17, 15) is 8.78 Å². The monoisotopic (exact) mass is 221 g/mol. The van der Waals surface area contributed by atoms with Gasteiger partial charge in [-0.25, -0.2) is 8.78 Å². The second-order valence-electron chi connectivity index (χ2n) is 3.44. The Kier molecular flexibility index (Phi) is 5.02. The van der Waals surface area contributed by atoms with Gasteiger partial charge in [-0.05, 0) is 12.0 Å². The molecule has 0 unspecified atom stereocenters. The summed E-state index contributed by atoms with van der Waals surface area (Å²) in [7, 11) is 0. The summed E-state index contributed by atoms with van der Waals surface area (Å²) in [6.07, 6.45) is 0. The zero-order valence-corrected chi connectivity index (χ0v) is 8.94. The summed E-state index contributed by atoms with van der Waals surface area (Å²) in [6.45, 7) is 3.79. The molecule has 0 aromatic heterocycles. The first-order valence-electron chi connectivity index (χ1n) is 4.23. The average molecular weight is 222 g/mol. The summed E-state index contributed by atoms with van der Waals surface area (Å²) < 4.78 is 25.7. The molecule has 0 aliphatic heterocycles. The molecule has 0 bridgehead atoms. The minimum atomic E-state index is -0.572. The van der Waals surface area contributed by atoms with Crippen molar-refractivity contribution in [3.05, 3.63) is 35.4 Å². The Labute approximate surface area is 88.7 Å². The summed E-state index contributed by atoms with van der Waals surface area (Å²) >= 11 is 0. The minimum Gasteiger partial charge on any atom is -0.324 e. The minimum absolute atomic E-state index is 0. The molecule has 0 aliphatic rings. The van der Waals surface area contributed by atoms with Crippen LogP contribution in [0.2, 0.25) is 0 Å². The summed E-state index contributed by atoms with van der Waals surface area (Å²) in [5, 5.41) is 0. The average Bonchev–Trinajstić information content (AvgIpc) is 2.03. The lowest BCUT2D eigenvalue weighted by molar-refractivity contribution is 0.480. The second-order valence-corrected chi connectivity index (χ2v) is 3.44. The first kappa shape index (κ1) is 13.3. The maximum atomic E-state index is 13.1. The van der Waals surface area contributed by atoms with Gasteiger partial charge in [-0.15, -0.1) is 12.4 Å². The Hall–Kier alpha value is -0.670. The smallest absolute Gasteiger partial charge is 0.130 e. The number of hydrogen-bond donors (Lipinski definition) is 1. The molecular weight excluding hydrogens is 208 g/mol. The summed E-state index contributed by atoms with van der Waals surface area (Å²) in [5.74, 6) is -1.00. The highest BCUT2D eigenvalue weighted by Gasteiger charge is 2.14. The number of nitrogens with two attached hydrogens (primary N) is 1. The van der Waals surface area contributed by atoms with Crippen molar-refractivity contribution >= 4 is 12.4 Å². The van der Waals surface area contributed by atoms with Gasteiger partial charge in [-0.1, -0.05) is 19.9 Å². The summed E-state index contributed by atoms with van der Waals surface area (Å²) in [5.41, 5.74) is 6.10. The molecule has 4 heteroatoms. The van der Waals surface area contributed by atoms with E-state index >= 15 is 0 Å². The van der Waals surface area contributed by atoms with Crippen LogP contribution < -0.4 is 5.73 Å². The van der Waals surface area contributed by atoms with Crippen LogP contribution in [0.25, 0.3) is 0 Å². The third-order valence-corrected chi connectivity index (χ3v) is 2.04. The fourth-order valence-corrected chi connectivity index (χ4v) is 1.13. The van der Waals surface area contributed by atoms with Gasteiger partial charge in [-0.2, -0.15) is 0 Å². The van der Waals surface area contributed by atoms with Crippen LogP contribution in [0.15, 0.2) is 18.2 Å². The zero-order chi connectivity index (χ0) is 10.0. The van der Waals surface area contributed by atoms with Crippen LogP contribution in [0.5, 0.6) is 0 Å². The lowest BCUT2D eigenvalue weighted by Crippen LogP contribution is -2.18. The molecule has 1 nitrogen and oxygen atoms in total. The normalized spacial score (nSPS) is 12.4. The molecule has 0 saturated carbocycles. The van der Waals surface area contributed by atoms with Crippen molar-refractivity contribution in [2.75, 3.05) is 0 Å². The molecule has 0 heterocycles. The van der Waals surface area contributed by atoms with Gasteiger partial charge in [0.1, 0.15) is 11.6 Å². The second kappa shape index (κ2) is 5.27. The van der Waals surface area contributed by atoms with Gasteiger partial charge >= 0.3 is 0 Å². The van der Waals surface area contributed by atoms with E-state index < -0.39 is 11.6 Å². The molecule has 0 spiro atoms. The maximum absolute atomic E-state index is 13.1. The molecule has 2 N–H and O–H groups in total. The Bertz CT molecular complexity index is 302. The standard InChI is InChI=1S/C10H13F2N.ClH/c1-6(2)10(13)8-4-3-7(11)5-9(8)12;/h3-6,10H,13H2,1-2H3;1H/t10-;/m0./s1. The Morgan fingerprint density at radius 1 is 1.21 bits per heavy atom. The fraction of sp³-hybridized carbons (Fsp3) is 0.400. The van der Waals surface area contributed by atoms with Gasteiger partial charge in [0.05, 0.1) is 0 Å². The zero-order valence-electron chi connectivity index (χ0n) is 8.13. The lowest BCUT2D eigenvalue weighted by Gasteiger charge is -2.16. The first-order chi connectivity index (χ1) is 6.02. The Morgan fingerprint density at radius 3 is 2.21 bits per heavy atom.